The highest BCUT2D eigenvalue weighted by Gasteiger charge is 2.69. The van der Waals surface area contributed by atoms with Crippen molar-refractivity contribution in [3.05, 3.63) is 0 Å². The molecule has 1 rings (SSSR count). The van der Waals surface area contributed by atoms with Gasteiger partial charge in [0.25, 0.3) is 12.2 Å². The van der Waals surface area contributed by atoms with Crippen molar-refractivity contribution in [2.75, 3.05) is 6.67 Å². The molecule has 0 aromatic carbocycles. The molecular formula is C6H6F6O2. The van der Waals surface area contributed by atoms with Crippen molar-refractivity contribution >= 4 is 0 Å². The predicted molar refractivity (Wildman–Crippen MR) is 31.3 cm³/mol. The number of alkyl halides is 6. The normalized spacial score (nSPS) is 44.4. The van der Waals surface area contributed by atoms with Crippen molar-refractivity contribution in [2.24, 2.45) is 0 Å². The first kappa shape index (κ1) is 11.6. The first-order chi connectivity index (χ1) is 6.15. The molecule has 0 bridgehead atoms. The number of hydrogen-bond acceptors (Lipinski definition) is 2. The summed E-state index contributed by atoms with van der Waals surface area (Å²) in [6.07, 6.45) is -8.31. The van der Waals surface area contributed by atoms with Gasteiger partial charge in [0.05, 0.1) is 0 Å². The van der Waals surface area contributed by atoms with E-state index < -0.39 is 30.9 Å². The van der Waals surface area contributed by atoms with Crippen LogP contribution < -0.4 is 0 Å². The number of halogens is 6. The lowest BCUT2D eigenvalue weighted by Gasteiger charge is -2.26. The van der Waals surface area contributed by atoms with Crippen LogP contribution in [-0.4, -0.2) is 30.9 Å². The average Bonchev–Trinajstić information content (AvgIpc) is 2.22. The van der Waals surface area contributed by atoms with Crippen LogP contribution in [0.25, 0.3) is 0 Å². The Morgan fingerprint density at radius 1 is 1.36 bits per heavy atom. The van der Waals surface area contributed by atoms with Crippen molar-refractivity contribution in [1.29, 1.82) is 0 Å². The van der Waals surface area contributed by atoms with E-state index >= 15 is 0 Å². The molecule has 3 unspecified atom stereocenters. The maximum Gasteiger partial charge on any atom is 0.446 e. The van der Waals surface area contributed by atoms with Gasteiger partial charge in [0, 0.05) is 6.92 Å². The molecule has 8 heteroatoms. The molecule has 0 aromatic heterocycles. The smallest absolute Gasteiger partial charge is 0.300 e. The lowest BCUT2D eigenvalue weighted by molar-refractivity contribution is -0.367. The highest BCUT2D eigenvalue weighted by Crippen LogP contribution is 2.47. The summed E-state index contributed by atoms with van der Waals surface area (Å²) in [6.45, 7) is -1.82. The van der Waals surface area contributed by atoms with Crippen LogP contribution in [0.5, 0.6) is 0 Å². The molecule has 14 heavy (non-hydrogen) atoms. The zero-order valence-electron chi connectivity index (χ0n) is 6.87. The van der Waals surface area contributed by atoms with Gasteiger partial charge in [-0.1, -0.05) is 0 Å². The van der Waals surface area contributed by atoms with Crippen LogP contribution in [-0.2, 0) is 9.47 Å². The Labute approximate surface area is 74.8 Å². The maximum atomic E-state index is 12.8. The number of hydrogen-bond donors (Lipinski definition) is 0. The van der Waals surface area contributed by atoms with Gasteiger partial charge in [0.15, 0.2) is 6.67 Å². The van der Waals surface area contributed by atoms with Crippen LogP contribution in [0, 0.1) is 0 Å². The van der Waals surface area contributed by atoms with Gasteiger partial charge in [-0.05, 0) is 0 Å². The SMILES string of the molecule is CC1(F)OC(CF)(C(F)(F)F)OC1F. The van der Waals surface area contributed by atoms with Gasteiger partial charge in [-0.15, -0.1) is 0 Å². The molecule has 2 nitrogen and oxygen atoms in total. The molecule has 84 valence electrons. The second kappa shape index (κ2) is 2.99. The van der Waals surface area contributed by atoms with Crippen molar-refractivity contribution in [1.82, 2.24) is 0 Å². The van der Waals surface area contributed by atoms with Gasteiger partial charge >= 0.3 is 12.0 Å². The Kier molecular flexibility index (Phi) is 2.47. The van der Waals surface area contributed by atoms with E-state index in [-0.39, 0.29) is 0 Å². The molecule has 0 radical (unpaired) electrons. The lowest BCUT2D eigenvalue weighted by Crippen LogP contribution is -2.49. The van der Waals surface area contributed by atoms with Gasteiger partial charge < -0.3 is 4.74 Å². The Balaban J connectivity index is 2.97. The van der Waals surface area contributed by atoms with E-state index in [9.17, 15) is 26.3 Å². The van der Waals surface area contributed by atoms with Crippen molar-refractivity contribution in [2.45, 2.75) is 31.1 Å². The van der Waals surface area contributed by atoms with Crippen LogP contribution in [0.4, 0.5) is 26.3 Å². The molecule has 0 spiro atoms. The second-order valence-electron chi connectivity index (χ2n) is 2.91. The largest absolute Gasteiger partial charge is 0.446 e. The van der Waals surface area contributed by atoms with Crippen LogP contribution in [0.2, 0.25) is 0 Å². The van der Waals surface area contributed by atoms with E-state index in [2.05, 4.69) is 9.47 Å². The van der Waals surface area contributed by atoms with Crippen LogP contribution >= 0.6 is 0 Å². The molecule has 0 aromatic rings. The van der Waals surface area contributed by atoms with E-state index in [1.54, 1.807) is 0 Å². The zero-order chi connectivity index (χ0) is 11.2. The average molecular weight is 224 g/mol. The van der Waals surface area contributed by atoms with E-state index in [1.165, 1.54) is 0 Å². The highest BCUT2D eigenvalue weighted by atomic mass is 19.4. The minimum absolute atomic E-state index is 0.390. The quantitative estimate of drug-likeness (QED) is 0.636. The third kappa shape index (κ3) is 1.56. The minimum atomic E-state index is -5.34. The third-order valence-corrected chi connectivity index (χ3v) is 1.67. The molecule has 0 aliphatic carbocycles. The Morgan fingerprint density at radius 2 is 1.86 bits per heavy atom. The Hall–Kier alpha value is -0.500. The minimum Gasteiger partial charge on any atom is -0.300 e. The molecule has 0 amide bonds. The van der Waals surface area contributed by atoms with Gasteiger partial charge in [-0.2, -0.15) is 13.2 Å². The van der Waals surface area contributed by atoms with Crippen LogP contribution in [0.15, 0.2) is 0 Å². The fourth-order valence-corrected chi connectivity index (χ4v) is 0.924. The molecule has 1 fully saturated rings. The summed E-state index contributed by atoms with van der Waals surface area (Å²) in [5.41, 5.74) is 0. The summed E-state index contributed by atoms with van der Waals surface area (Å²) >= 11 is 0. The topological polar surface area (TPSA) is 18.5 Å². The summed E-state index contributed by atoms with van der Waals surface area (Å²) in [5.74, 6) is -7.14. The van der Waals surface area contributed by atoms with Crippen LogP contribution in [0.3, 0.4) is 0 Å². The van der Waals surface area contributed by atoms with E-state index in [0.29, 0.717) is 6.92 Å². The third-order valence-electron chi connectivity index (χ3n) is 1.67. The van der Waals surface area contributed by atoms with Gasteiger partial charge in [0.1, 0.15) is 0 Å². The fourth-order valence-electron chi connectivity index (χ4n) is 0.924. The molecule has 0 N–H and O–H groups in total. The van der Waals surface area contributed by atoms with Crippen molar-refractivity contribution in [3.8, 4) is 0 Å². The van der Waals surface area contributed by atoms with Crippen molar-refractivity contribution < 1.29 is 35.8 Å². The monoisotopic (exact) mass is 224 g/mol. The van der Waals surface area contributed by atoms with Crippen molar-refractivity contribution in [3.63, 3.8) is 0 Å². The first-order valence-electron chi connectivity index (χ1n) is 3.48. The Morgan fingerprint density at radius 3 is 2.00 bits per heavy atom. The molecular weight excluding hydrogens is 218 g/mol. The van der Waals surface area contributed by atoms with E-state index in [4.69, 9.17) is 0 Å². The summed E-state index contributed by atoms with van der Waals surface area (Å²) in [6, 6.07) is 0. The van der Waals surface area contributed by atoms with Gasteiger partial charge in [0.2, 0.25) is 0 Å². The second-order valence-corrected chi connectivity index (χ2v) is 2.91. The lowest BCUT2D eigenvalue weighted by atomic mass is 10.3. The molecule has 1 aliphatic rings. The standard InChI is InChI=1S/C6H6F6O2/c1-4(9)3(8)13-5(2-7,14-4)6(10,11)12/h3H,2H2,1H3. The zero-order valence-corrected chi connectivity index (χ0v) is 6.87. The molecule has 0 saturated carbocycles. The van der Waals surface area contributed by atoms with Gasteiger partial charge in [-0.25, -0.2) is 13.2 Å². The number of rotatable bonds is 1. The first-order valence-corrected chi connectivity index (χ1v) is 3.48. The molecule has 1 saturated heterocycles. The highest BCUT2D eigenvalue weighted by molar-refractivity contribution is 4.89. The summed E-state index contributed by atoms with van der Waals surface area (Å²) in [7, 11) is 0. The van der Waals surface area contributed by atoms with E-state index in [0.717, 1.165) is 0 Å². The molecule has 1 heterocycles. The fraction of sp³-hybridized carbons (Fsp3) is 1.00. The van der Waals surface area contributed by atoms with Gasteiger partial charge in [-0.3, -0.25) is 4.74 Å². The predicted octanol–water partition coefficient (Wildman–Crippen LogP) is 2.24. The summed E-state index contributed by atoms with van der Waals surface area (Å²) < 4.78 is 80.9. The molecule has 1 aliphatic heterocycles. The number of ether oxygens (including phenoxy) is 2. The summed E-state index contributed by atoms with van der Waals surface area (Å²) in [4.78, 5) is 0. The Bertz CT molecular complexity index is 227. The maximum absolute atomic E-state index is 12.8. The summed E-state index contributed by atoms with van der Waals surface area (Å²) in [5, 5.41) is 0. The van der Waals surface area contributed by atoms with Crippen LogP contribution in [0.1, 0.15) is 6.92 Å². The molecule has 3 atom stereocenters. The van der Waals surface area contributed by atoms with E-state index in [1.807, 2.05) is 0 Å².